The molecule has 0 radical (unpaired) electrons. The van der Waals surface area contributed by atoms with E-state index < -0.39 is 17.0 Å². The number of hydrogen-bond acceptors (Lipinski definition) is 8. The Hall–Kier alpha value is -3.21. The van der Waals surface area contributed by atoms with Crippen LogP contribution in [-0.4, -0.2) is 47.7 Å². The fourth-order valence-corrected chi connectivity index (χ4v) is 4.45. The molecule has 0 aromatic heterocycles. The van der Waals surface area contributed by atoms with Crippen molar-refractivity contribution in [3.63, 3.8) is 0 Å². The topological polar surface area (TPSA) is 110 Å². The summed E-state index contributed by atoms with van der Waals surface area (Å²) in [5, 5.41) is 10.9. The van der Waals surface area contributed by atoms with E-state index in [4.69, 9.17) is 23.7 Å². The van der Waals surface area contributed by atoms with Gasteiger partial charge in [0, 0.05) is 44.7 Å². The number of nitro groups is 1. The van der Waals surface area contributed by atoms with Crippen LogP contribution in [-0.2, 0) is 32.2 Å². The van der Waals surface area contributed by atoms with Gasteiger partial charge in [0.15, 0.2) is 6.29 Å². The Bertz CT molecular complexity index is 1120. The zero-order valence-electron chi connectivity index (χ0n) is 22.2. The van der Waals surface area contributed by atoms with Crippen molar-refractivity contribution in [1.29, 1.82) is 0 Å². The average Bonchev–Trinajstić information content (AvgIpc) is 3.26. The number of cyclic esters (lactones) is 1. The van der Waals surface area contributed by atoms with Crippen LogP contribution in [0.4, 0.5) is 10.5 Å². The highest BCUT2D eigenvalue weighted by Gasteiger charge is 2.33. The zero-order chi connectivity index (χ0) is 27.1. The highest BCUT2D eigenvalue weighted by Crippen LogP contribution is 2.35. The summed E-state index contributed by atoms with van der Waals surface area (Å²) < 4.78 is 28.5. The van der Waals surface area contributed by atoms with Gasteiger partial charge in [-0.2, -0.15) is 0 Å². The summed E-state index contributed by atoms with van der Waals surface area (Å²) in [6.07, 6.45) is 2.75. The molecule has 0 spiro atoms. The van der Waals surface area contributed by atoms with Gasteiger partial charge >= 0.3 is 6.09 Å². The molecule has 10 heteroatoms. The predicted octanol–water partition coefficient (Wildman–Crippen LogP) is 5.87. The molecule has 1 fully saturated rings. The SMILES string of the molecule is CC(OCCCCCCN1C[C@@H](c2ccc3c(c2)COC(C)(C)O3)OC1=O)OCc1cccc([N+](=O)[O-])c1. The van der Waals surface area contributed by atoms with Gasteiger partial charge in [0.25, 0.3) is 5.69 Å². The molecular weight excluding hydrogens is 492 g/mol. The van der Waals surface area contributed by atoms with Crippen LogP contribution >= 0.6 is 0 Å². The summed E-state index contributed by atoms with van der Waals surface area (Å²) in [6, 6.07) is 12.3. The van der Waals surface area contributed by atoms with E-state index >= 15 is 0 Å². The molecule has 0 N–H and O–H groups in total. The van der Waals surface area contributed by atoms with Crippen molar-refractivity contribution in [1.82, 2.24) is 4.90 Å². The number of benzene rings is 2. The minimum Gasteiger partial charge on any atom is -0.463 e. The second-order valence-electron chi connectivity index (χ2n) is 10.1. The van der Waals surface area contributed by atoms with E-state index in [1.807, 2.05) is 39.0 Å². The third kappa shape index (κ3) is 7.66. The summed E-state index contributed by atoms with van der Waals surface area (Å²) >= 11 is 0. The quantitative estimate of drug-likeness (QED) is 0.137. The number of hydrogen-bond donors (Lipinski definition) is 0. The molecule has 2 aliphatic heterocycles. The van der Waals surface area contributed by atoms with Gasteiger partial charge in [0.1, 0.15) is 11.9 Å². The van der Waals surface area contributed by atoms with E-state index in [0.29, 0.717) is 26.3 Å². The van der Waals surface area contributed by atoms with E-state index in [-0.39, 0.29) is 24.5 Å². The van der Waals surface area contributed by atoms with Crippen molar-refractivity contribution in [2.45, 2.75) is 77.8 Å². The Morgan fingerprint density at radius 3 is 2.76 bits per heavy atom. The molecule has 0 saturated carbocycles. The molecule has 0 aliphatic carbocycles. The van der Waals surface area contributed by atoms with Gasteiger partial charge in [0.2, 0.25) is 5.79 Å². The summed E-state index contributed by atoms with van der Waals surface area (Å²) in [6.45, 7) is 8.05. The third-order valence-electron chi connectivity index (χ3n) is 6.56. The summed E-state index contributed by atoms with van der Waals surface area (Å²) in [7, 11) is 0. The van der Waals surface area contributed by atoms with E-state index in [0.717, 1.165) is 48.1 Å². The number of nitro benzene ring substituents is 1. The number of carbonyl (C=O) groups excluding carboxylic acids is 1. The van der Waals surface area contributed by atoms with Gasteiger partial charge in [-0.3, -0.25) is 10.1 Å². The maximum absolute atomic E-state index is 12.4. The Balaban J connectivity index is 1.09. The number of ether oxygens (including phenoxy) is 5. The normalized spacial score (nSPS) is 19.0. The van der Waals surface area contributed by atoms with Gasteiger partial charge in [-0.1, -0.05) is 31.0 Å². The van der Waals surface area contributed by atoms with E-state index in [9.17, 15) is 14.9 Å². The largest absolute Gasteiger partial charge is 0.463 e. The number of unbranched alkanes of at least 4 members (excludes halogenated alkanes) is 3. The maximum atomic E-state index is 12.4. The van der Waals surface area contributed by atoms with Crippen LogP contribution in [0, 0.1) is 10.1 Å². The van der Waals surface area contributed by atoms with Crippen molar-refractivity contribution in [3.05, 3.63) is 69.3 Å². The maximum Gasteiger partial charge on any atom is 0.410 e. The second kappa shape index (κ2) is 12.6. The van der Waals surface area contributed by atoms with Crippen LogP contribution < -0.4 is 4.74 Å². The fraction of sp³-hybridized carbons (Fsp3) is 0.536. The monoisotopic (exact) mass is 528 g/mol. The number of amides is 1. The van der Waals surface area contributed by atoms with Gasteiger partial charge in [-0.05, 0) is 43.0 Å². The minimum atomic E-state index is -0.640. The first kappa shape index (κ1) is 27.8. The lowest BCUT2D eigenvalue weighted by Gasteiger charge is -2.32. The zero-order valence-corrected chi connectivity index (χ0v) is 22.2. The van der Waals surface area contributed by atoms with Gasteiger partial charge in [-0.25, -0.2) is 4.79 Å². The smallest absolute Gasteiger partial charge is 0.410 e. The van der Waals surface area contributed by atoms with Crippen LogP contribution in [0.1, 0.15) is 69.2 Å². The molecule has 2 atom stereocenters. The summed E-state index contributed by atoms with van der Waals surface area (Å²) in [4.78, 5) is 24.6. The van der Waals surface area contributed by atoms with Gasteiger partial charge in [-0.15, -0.1) is 0 Å². The number of rotatable bonds is 13. The Morgan fingerprint density at radius 2 is 1.95 bits per heavy atom. The molecule has 1 saturated heterocycles. The minimum absolute atomic E-state index is 0.0467. The highest BCUT2D eigenvalue weighted by molar-refractivity contribution is 5.70. The number of non-ortho nitro benzene ring substituents is 1. The van der Waals surface area contributed by atoms with E-state index in [1.165, 1.54) is 12.1 Å². The average molecular weight is 529 g/mol. The standard InChI is InChI=1S/C28H36N2O8/c1-20(35-18-21-9-8-10-24(15-21)30(32)33)34-14-7-5-4-6-13-29-17-26(37-27(29)31)22-11-12-25-23(16-22)19-36-28(2,3)38-25/h8-12,15-16,20,26H,4-7,13-14,17-19H2,1-3H3/t20?,26-/m0/s1. The lowest BCUT2D eigenvalue weighted by Crippen LogP contribution is -2.35. The van der Waals surface area contributed by atoms with E-state index in [1.54, 1.807) is 17.0 Å². The van der Waals surface area contributed by atoms with Crippen molar-refractivity contribution in [3.8, 4) is 5.75 Å². The fourth-order valence-electron chi connectivity index (χ4n) is 4.45. The highest BCUT2D eigenvalue weighted by atomic mass is 16.7. The first-order chi connectivity index (χ1) is 18.2. The molecular formula is C28H36N2O8. The molecule has 2 heterocycles. The molecule has 2 aromatic carbocycles. The van der Waals surface area contributed by atoms with E-state index in [2.05, 4.69) is 0 Å². The van der Waals surface area contributed by atoms with Crippen molar-refractivity contribution in [2.24, 2.45) is 0 Å². The van der Waals surface area contributed by atoms with Gasteiger partial charge in [0.05, 0.1) is 24.7 Å². The lowest BCUT2D eigenvalue weighted by atomic mass is 10.0. The third-order valence-corrected chi connectivity index (χ3v) is 6.56. The first-order valence-electron chi connectivity index (χ1n) is 13.1. The van der Waals surface area contributed by atoms with Crippen molar-refractivity contribution < 1.29 is 33.4 Å². The van der Waals surface area contributed by atoms with Crippen LogP contribution in [0.5, 0.6) is 5.75 Å². The lowest BCUT2D eigenvalue weighted by molar-refractivity contribution is -0.385. The number of nitrogens with zero attached hydrogens (tertiary/aromatic N) is 2. The van der Waals surface area contributed by atoms with Crippen LogP contribution in [0.3, 0.4) is 0 Å². The molecule has 4 rings (SSSR count). The molecule has 206 valence electrons. The Morgan fingerprint density at radius 1 is 1.13 bits per heavy atom. The molecule has 10 nitrogen and oxygen atoms in total. The van der Waals surface area contributed by atoms with Crippen LogP contribution in [0.15, 0.2) is 42.5 Å². The molecule has 0 bridgehead atoms. The van der Waals surface area contributed by atoms with Crippen LogP contribution in [0.25, 0.3) is 0 Å². The second-order valence-corrected chi connectivity index (χ2v) is 10.1. The molecule has 2 aliphatic rings. The molecule has 2 aromatic rings. The van der Waals surface area contributed by atoms with Gasteiger partial charge < -0.3 is 28.6 Å². The Kier molecular flexibility index (Phi) is 9.19. The predicted molar refractivity (Wildman–Crippen MR) is 139 cm³/mol. The Labute approximate surface area is 222 Å². The summed E-state index contributed by atoms with van der Waals surface area (Å²) in [5.74, 6) is 0.164. The van der Waals surface area contributed by atoms with Crippen LogP contribution in [0.2, 0.25) is 0 Å². The van der Waals surface area contributed by atoms with Crippen molar-refractivity contribution >= 4 is 11.8 Å². The number of fused-ring (bicyclic) bond motifs is 1. The molecule has 1 unspecified atom stereocenters. The van der Waals surface area contributed by atoms with Crippen molar-refractivity contribution in [2.75, 3.05) is 19.7 Å². The molecule has 1 amide bonds. The number of carbonyl (C=O) groups is 1. The first-order valence-corrected chi connectivity index (χ1v) is 13.1. The molecule has 38 heavy (non-hydrogen) atoms. The summed E-state index contributed by atoms with van der Waals surface area (Å²) in [5.41, 5.74) is 2.69.